The van der Waals surface area contributed by atoms with Gasteiger partial charge in [-0.1, -0.05) is 0 Å². The number of nitro groups is 1. The first kappa shape index (κ1) is 17.3. The quantitative estimate of drug-likeness (QED) is 0.274. The molecule has 132 valence electrons. The molecule has 1 aliphatic heterocycles. The van der Waals surface area contributed by atoms with Gasteiger partial charge in [-0.3, -0.25) is 14.9 Å². The number of aromatic amines is 1. The number of aromatic hydroxyl groups is 1. The Morgan fingerprint density at radius 3 is 2.92 bits per heavy atom. The zero-order valence-corrected chi connectivity index (χ0v) is 13.8. The van der Waals surface area contributed by atoms with Gasteiger partial charge in [-0.2, -0.15) is 4.99 Å². The number of nitrogens with zero attached hydrogens (tertiary/aromatic N) is 4. The molecule has 0 unspecified atom stereocenters. The van der Waals surface area contributed by atoms with Crippen molar-refractivity contribution in [2.45, 2.75) is 0 Å². The zero-order valence-electron chi connectivity index (χ0n) is 13.0. The Morgan fingerprint density at radius 1 is 1.46 bits per heavy atom. The van der Waals surface area contributed by atoms with E-state index in [-0.39, 0.29) is 32.7 Å². The molecule has 0 radical (unpaired) electrons. The van der Waals surface area contributed by atoms with Gasteiger partial charge in [-0.15, -0.1) is 10.2 Å². The zero-order chi connectivity index (χ0) is 18.8. The highest BCUT2D eigenvalue weighted by Gasteiger charge is 2.23. The Kier molecular flexibility index (Phi) is 4.49. The number of H-pyrrole nitrogens is 1. The van der Waals surface area contributed by atoms with E-state index in [0.717, 1.165) is 17.8 Å². The van der Waals surface area contributed by atoms with Crippen LogP contribution in [0.25, 0.3) is 10.9 Å². The van der Waals surface area contributed by atoms with Crippen LogP contribution < -0.4 is 0 Å². The van der Waals surface area contributed by atoms with Crippen molar-refractivity contribution < 1.29 is 24.4 Å². The van der Waals surface area contributed by atoms with Crippen molar-refractivity contribution in [2.75, 3.05) is 7.11 Å². The van der Waals surface area contributed by atoms with Crippen molar-refractivity contribution >= 4 is 51.1 Å². The molecular formula is C14H9N5O6S. The molecule has 0 atom stereocenters. The summed E-state index contributed by atoms with van der Waals surface area (Å²) in [6.07, 6.45) is 0.978. The second-order valence-corrected chi connectivity index (χ2v) is 5.85. The van der Waals surface area contributed by atoms with Crippen molar-refractivity contribution in [3.63, 3.8) is 0 Å². The van der Waals surface area contributed by atoms with Crippen molar-refractivity contribution in [1.29, 1.82) is 0 Å². The summed E-state index contributed by atoms with van der Waals surface area (Å²) in [6, 6.07) is 3.94. The van der Waals surface area contributed by atoms with Crippen LogP contribution in [-0.4, -0.2) is 39.2 Å². The van der Waals surface area contributed by atoms with E-state index in [4.69, 9.17) is 0 Å². The number of nitrogens with one attached hydrogen (secondary N) is 1. The normalized spacial score (nSPS) is 15.8. The molecule has 1 aliphatic rings. The average molecular weight is 375 g/mol. The Hall–Kier alpha value is -3.54. The number of amides is 1. The van der Waals surface area contributed by atoms with Gasteiger partial charge in [0.25, 0.3) is 11.6 Å². The van der Waals surface area contributed by atoms with Crippen LogP contribution in [0, 0.1) is 10.1 Å². The molecule has 1 aromatic heterocycles. The molecular weight excluding hydrogens is 366 g/mol. The molecule has 1 aromatic carbocycles. The number of aromatic nitrogens is 1. The van der Waals surface area contributed by atoms with Crippen molar-refractivity contribution in [3.8, 4) is 5.88 Å². The van der Waals surface area contributed by atoms with Crippen LogP contribution in [0.15, 0.2) is 44.4 Å². The number of nitro benzene ring substituents is 1. The van der Waals surface area contributed by atoms with Gasteiger partial charge in [0, 0.05) is 23.6 Å². The molecule has 0 fully saturated rings. The van der Waals surface area contributed by atoms with Gasteiger partial charge in [0.1, 0.15) is 0 Å². The van der Waals surface area contributed by atoms with Crippen molar-refractivity contribution in [2.24, 2.45) is 15.2 Å². The Morgan fingerprint density at radius 2 is 2.23 bits per heavy atom. The van der Waals surface area contributed by atoms with E-state index in [1.807, 2.05) is 0 Å². The molecule has 11 nitrogen and oxygen atoms in total. The number of carbonyl (C=O) groups excluding carboxylic acids is 2. The van der Waals surface area contributed by atoms with Crippen LogP contribution in [0.1, 0.15) is 0 Å². The van der Waals surface area contributed by atoms with Gasteiger partial charge in [0.15, 0.2) is 5.69 Å². The summed E-state index contributed by atoms with van der Waals surface area (Å²) >= 11 is 0.804. The first-order valence-corrected chi connectivity index (χ1v) is 7.72. The van der Waals surface area contributed by atoms with Gasteiger partial charge >= 0.3 is 5.97 Å². The van der Waals surface area contributed by atoms with Crippen LogP contribution in [0.3, 0.4) is 0 Å². The summed E-state index contributed by atoms with van der Waals surface area (Å²) in [5.74, 6) is -1.73. The third-order valence-electron chi connectivity index (χ3n) is 3.24. The summed E-state index contributed by atoms with van der Waals surface area (Å²) in [7, 11) is 1.17. The summed E-state index contributed by atoms with van der Waals surface area (Å²) < 4.78 is 4.43. The molecule has 0 spiro atoms. The lowest BCUT2D eigenvalue weighted by atomic mass is 10.2. The number of hydrogen-bond donors (Lipinski definition) is 2. The largest absolute Gasteiger partial charge is 0.493 e. The second kappa shape index (κ2) is 6.76. The van der Waals surface area contributed by atoms with E-state index in [0.29, 0.717) is 5.52 Å². The van der Waals surface area contributed by atoms with E-state index in [9.17, 15) is 24.8 Å². The van der Waals surface area contributed by atoms with Crippen LogP contribution >= 0.6 is 11.8 Å². The Labute approximate surface area is 148 Å². The SMILES string of the molecule is COC(=O)/C=C1/SC(N=Nc2c(O)[nH]c3ccc([N+](=O)[O-])cc23)=NC1=O. The lowest BCUT2D eigenvalue weighted by Crippen LogP contribution is -1.98. The topological polar surface area (TPSA) is 160 Å². The predicted octanol–water partition coefficient (Wildman–Crippen LogP) is 2.55. The number of rotatable bonds is 3. The van der Waals surface area contributed by atoms with Crippen LogP contribution in [0.4, 0.5) is 11.4 Å². The molecule has 0 bridgehead atoms. The van der Waals surface area contributed by atoms with E-state index in [1.54, 1.807) is 0 Å². The molecule has 2 heterocycles. The predicted molar refractivity (Wildman–Crippen MR) is 91.3 cm³/mol. The molecule has 1 amide bonds. The monoisotopic (exact) mass is 375 g/mol. The number of benzene rings is 1. The first-order chi connectivity index (χ1) is 12.4. The van der Waals surface area contributed by atoms with Gasteiger partial charge in [0.05, 0.1) is 22.5 Å². The molecule has 2 aromatic rings. The number of non-ortho nitro benzene ring substituents is 1. The lowest BCUT2D eigenvalue weighted by Gasteiger charge is -1.94. The van der Waals surface area contributed by atoms with Crippen LogP contribution in [-0.2, 0) is 14.3 Å². The van der Waals surface area contributed by atoms with Gasteiger partial charge < -0.3 is 14.8 Å². The second-order valence-electron chi connectivity index (χ2n) is 4.84. The third-order valence-corrected chi connectivity index (χ3v) is 4.11. The Balaban J connectivity index is 1.91. The number of fused-ring (bicyclic) bond motifs is 1. The van der Waals surface area contributed by atoms with E-state index < -0.39 is 16.8 Å². The number of aliphatic imine (C=N–C) groups is 1. The minimum atomic E-state index is -0.712. The molecule has 2 N–H and O–H groups in total. The van der Waals surface area contributed by atoms with Crippen molar-refractivity contribution in [1.82, 2.24) is 4.98 Å². The average Bonchev–Trinajstić information content (AvgIpc) is 3.11. The molecule has 0 saturated carbocycles. The van der Waals surface area contributed by atoms with Gasteiger partial charge in [-0.25, -0.2) is 4.79 Å². The molecule has 3 rings (SSSR count). The maximum absolute atomic E-state index is 11.7. The standard InChI is InChI=1S/C14H9N5O6S/c1-25-10(20)5-9-12(21)16-14(26-9)18-17-11-7-4-6(19(23)24)2-3-8(7)15-13(11)22/h2-5,15,22H,1H3/b9-5+,18-17?. The fourth-order valence-corrected chi connectivity index (χ4v) is 2.76. The molecule has 0 aliphatic carbocycles. The fraction of sp³-hybridized carbons (Fsp3) is 0.0714. The number of hydrogen-bond acceptors (Lipinski definition) is 9. The number of carbonyl (C=O) groups is 2. The maximum Gasteiger partial charge on any atom is 0.331 e. The highest BCUT2D eigenvalue weighted by molar-refractivity contribution is 8.18. The summed E-state index contributed by atoms with van der Waals surface area (Å²) in [5.41, 5.74) is 0.203. The number of azo groups is 1. The highest BCUT2D eigenvalue weighted by atomic mass is 32.2. The third kappa shape index (κ3) is 3.30. The van der Waals surface area contributed by atoms with Crippen LogP contribution in [0.5, 0.6) is 5.88 Å². The number of methoxy groups -OCH3 is 1. The number of ether oxygens (including phenoxy) is 1. The van der Waals surface area contributed by atoms with Gasteiger partial charge in [-0.05, 0) is 17.8 Å². The van der Waals surface area contributed by atoms with Crippen LogP contribution in [0.2, 0.25) is 0 Å². The summed E-state index contributed by atoms with van der Waals surface area (Å²) in [6.45, 7) is 0. The van der Waals surface area contributed by atoms with Gasteiger partial charge in [0.2, 0.25) is 11.0 Å². The number of amidine groups is 1. The summed E-state index contributed by atoms with van der Waals surface area (Å²) in [5, 5.41) is 28.6. The summed E-state index contributed by atoms with van der Waals surface area (Å²) in [4.78, 5) is 39.4. The molecule has 12 heteroatoms. The Bertz CT molecular complexity index is 1040. The lowest BCUT2D eigenvalue weighted by molar-refractivity contribution is -0.384. The number of thioether (sulfide) groups is 1. The smallest absolute Gasteiger partial charge is 0.331 e. The maximum atomic E-state index is 11.7. The molecule has 0 saturated heterocycles. The fourth-order valence-electron chi connectivity index (χ4n) is 2.07. The number of esters is 1. The van der Waals surface area contributed by atoms with E-state index >= 15 is 0 Å². The molecule has 26 heavy (non-hydrogen) atoms. The van der Waals surface area contributed by atoms with E-state index in [1.165, 1.54) is 25.3 Å². The first-order valence-electron chi connectivity index (χ1n) is 6.90. The van der Waals surface area contributed by atoms with Crippen molar-refractivity contribution in [3.05, 3.63) is 39.3 Å². The minimum absolute atomic E-state index is 0.0181. The van der Waals surface area contributed by atoms with E-state index in [2.05, 4.69) is 24.9 Å². The minimum Gasteiger partial charge on any atom is -0.493 e. The highest BCUT2D eigenvalue weighted by Crippen LogP contribution is 2.38.